The number of aromatic nitrogens is 1. The maximum absolute atomic E-state index is 5.37. The van der Waals surface area contributed by atoms with Crippen molar-refractivity contribution in [3.63, 3.8) is 0 Å². The molecule has 0 unspecified atom stereocenters. The predicted octanol–water partition coefficient (Wildman–Crippen LogP) is -2.12. The van der Waals surface area contributed by atoms with Crippen LogP contribution < -0.4 is 21.5 Å². The van der Waals surface area contributed by atoms with Crippen LogP contribution in [0.1, 0.15) is 4.57 Å². The van der Waals surface area contributed by atoms with Crippen LogP contribution in [0.2, 0.25) is 0 Å². The van der Waals surface area contributed by atoms with Crippen LogP contribution in [0.3, 0.4) is 0 Å². The van der Waals surface area contributed by atoms with Gasteiger partial charge >= 0.3 is 95.0 Å². The minimum absolute atomic E-state index is 0. The average molecular weight is 345 g/mol. The minimum Gasteiger partial charge on any atom is -1.00 e. The van der Waals surface area contributed by atoms with E-state index in [2.05, 4.69) is 41.8 Å². The molecule has 16 heavy (non-hydrogen) atoms. The molecule has 2 aromatic rings. The van der Waals surface area contributed by atoms with Crippen molar-refractivity contribution in [2.24, 2.45) is 7.05 Å². The first kappa shape index (κ1) is 13.5. The van der Waals surface area contributed by atoms with Crippen LogP contribution in [0.4, 0.5) is 0 Å². The summed E-state index contributed by atoms with van der Waals surface area (Å²) < 4.78 is 10.3. The summed E-state index contributed by atoms with van der Waals surface area (Å²) in [6, 6.07) is 8.47. The molecule has 2 rings (SSSR count). The largest absolute Gasteiger partial charge is 1.00 e. The van der Waals surface area contributed by atoms with E-state index in [0.717, 1.165) is 0 Å². The SMILES string of the molecule is C#CCOCc1[se]c2ccccc2[n+]1C.[Br-]. The molecule has 0 spiro atoms. The van der Waals surface area contributed by atoms with E-state index in [1.807, 2.05) is 0 Å². The Morgan fingerprint density at radius 2 is 2.19 bits per heavy atom. The summed E-state index contributed by atoms with van der Waals surface area (Å²) in [6.07, 6.45) is 5.14. The Bertz CT molecular complexity index is 515. The maximum Gasteiger partial charge on any atom is -1.00 e. The van der Waals surface area contributed by atoms with Gasteiger partial charge in [0.1, 0.15) is 0 Å². The van der Waals surface area contributed by atoms with E-state index in [1.165, 1.54) is 14.3 Å². The molecular weight excluding hydrogens is 333 g/mol. The molecule has 2 nitrogen and oxygen atoms in total. The van der Waals surface area contributed by atoms with E-state index in [0.29, 0.717) is 27.7 Å². The second-order valence-corrected chi connectivity index (χ2v) is 5.56. The molecule has 0 N–H and O–H groups in total. The third-order valence-corrected chi connectivity index (χ3v) is 4.74. The maximum atomic E-state index is 5.37. The van der Waals surface area contributed by atoms with Gasteiger partial charge in [-0.15, -0.1) is 0 Å². The molecular formula is C12H12BrNOSe. The molecule has 4 heteroatoms. The topological polar surface area (TPSA) is 13.1 Å². The fraction of sp³-hybridized carbons (Fsp3) is 0.250. The Balaban J connectivity index is 0.00000128. The van der Waals surface area contributed by atoms with Crippen molar-refractivity contribution in [1.82, 2.24) is 0 Å². The second-order valence-electron chi connectivity index (χ2n) is 3.22. The number of aryl methyl sites for hydroxylation is 1. The Hall–Kier alpha value is -0.591. The van der Waals surface area contributed by atoms with Gasteiger partial charge in [0.2, 0.25) is 0 Å². The molecule has 0 aliphatic rings. The van der Waals surface area contributed by atoms with Gasteiger partial charge in [-0.1, -0.05) is 0 Å². The first-order valence-corrected chi connectivity index (χ1v) is 6.42. The number of halogens is 1. The Morgan fingerprint density at radius 1 is 1.44 bits per heavy atom. The Kier molecular flexibility index (Phi) is 5.24. The molecule has 84 valence electrons. The van der Waals surface area contributed by atoms with Gasteiger partial charge in [-0.05, 0) is 0 Å². The van der Waals surface area contributed by atoms with Crippen LogP contribution in [0.25, 0.3) is 9.78 Å². The molecule has 1 aromatic heterocycles. The van der Waals surface area contributed by atoms with Crippen molar-refractivity contribution < 1.29 is 26.3 Å². The van der Waals surface area contributed by atoms with Crippen LogP contribution in [0, 0.1) is 12.3 Å². The first-order valence-electron chi connectivity index (χ1n) is 4.70. The van der Waals surface area contributed by atoms with Crippen molar-refractivity contribution in [3.05, 3.63) is 28.8 Å². The summed E-state index contributed by atoms with van der Waals surface area (Å²) in [5.41, 5.74) is 1.30. The van der Waals surface area contributed by atoms with E-state index in [1.54, 1.807) is 0 Å². The van der Waals surface area contributed by atoms with Gasteiger partial charge in [0.15, 0.2) is 0 Å². The molecule has 0 aliphatic heterocycles. The average Bonchev–Trinajstić information content (AvgIpc) is 2.57. The van der Waals surface area contributed by atoms with Gasteiger partial charge in [0.05, 0.1) is 0 Å². The van der Waals surface area contributed by atoms with Crippen molar-refractivity contribution in [1.29, 1.82) is 0 Å². The zero-order valence-corrected chi connectivity index (χ0v) is 12.2. The zero-order chi connectivity index (χ0) is 10.7. The van der Waals surface area contributed by atoms with E-state index in [-0.39, 0.29) is 17.0 Å². The molecule has 0 atom stereocenters. The molecule has 0 amide bonds. The molecule has 1 aromatic carbocycles. The molecule has 0 aliphatic carbocycles. The van der Waals surface area contributed by atoms with Crippen LogP contribution >= 0.6 is 0 Å². The summed E-state index contributed by atoms with van der Waals surface area (Å²) in [5, 5.41) is 0. The van der Waals surface area contributed by atoms with Crippen LogP contribution in [-0.4, -0.2) is 21.1 Å². The van der Waals surface area contributed by atoms with Crippen molar-refractivity contribution >= 4 is 24.3 Å². The summed E-state index contributed by atoms with van der Waals surface area (Å²) >= 11 is 0.389. The fourth-order valence-electron chi connectivity index (χ4n) is 1.47. The number of terminal acetylenes is 1. The van der Waals surface area contributed by atoms with E-state index in [4.69, 9.17) is 11.2 Å². The van der Waals surface area contributed by atoms with Gasteiger partial charge in [-0.3, -0.25) is 0 Å². The van der Waals surface area contributed by atoms with Crippen LogP contribution in [-0.2, 0) is 18.4 Å². The first-order chi connectivity index (χ1) is 7.33. The smallest absolute Gasteiger partial charge is 1.00 e. The zero-order valence-electron chi connectivity index (χ0n) is 8.94. The number of rotatable bonds is 3. The summed E-state index contributed by atoms with van der Waals surface area (Å²) in [5.74, 6) is 2.48. The third kappa shape index (κ3) is 2.75. The number of ether oxygens (including phenoxy) is 1. The Labute approximate surface area is 112 Å². The summed E-state index contributed by atoms with van der Waals surface area (Å²) in [4.78, 5) is 0. The van der Waals surface area contributed by atoms with Gasteiger partial charge in [-0.25, -0.2) is 0 Å². The van der Waals surface area contributed by atoms with Crippen LogP contribution in [0.5, 0.6) is 0 Å². The van der Waals surface area contributed by atoms with E-state index < -0.39 is 0 Å². The number of para-hydroxylation sites is 1. The normalized spacial score (nSPS) is 9.75. The summed E-state index contributed by atoms with van der Waals surface area (Å²) in [7, 11) is 2.09. The second kappa shape index (κ2) is 6.22. The van der Waals surface area contributed by atoms with Crippen LogP contribution in [0.15, 0.2) is 24.3 Å². The number of hydrogen-bond acceptors (Lipinski definition) is 1. The van der Waals surface area contributed by atoms with Gasteiger partial charge < -0.3 is 17.0 Å². The van der Waals surface area contributed by atoms with Crippen molar-refractivity contribution in [2.75, 3.05) is 6.61 Å². The molecule has 0 bridgehead atoms. The van der Waals surface area contributed by atoms with Crippen molar-refractivity contribution in [2.45, 2.75) is 6.61 Å². The number of nitrogens with zero attached hydrogens (tertiary/aromatic N) is 1. The standard InChI is InChI=1S/C12H12NOSe.BrH/c1-3-8-14-9-12-13(2)10-6-4-5-7-11(10)15-12;/h1,4-7H,8-9H2,2H3;1H/q+1;/p-1. The van der Waals surface area contributed by atoms with Gasteiger partial charge in [0, 0.05) is 0 Å². The predicted molar refractivity (Wildman–Crippen MR) is 60.6 cm³/mol. The Morgan fingerprint density at radius 3 is 2.88 bits per heavy atom. The molecule has 1 heterocycles. The quantitative estimate of drug-likeness (QED) is 0.268. The van der Waals surface area contributed by atoms with E-state index >= 15 is 0 Å². The molecule has 0 saturated carbocycles. The molecule has 0 radical (unpaired) electrons. The molecule has 0 fully saturated rings. The fourth-order valence-corrected chi connectivity index (χ4v) is 3.76. The summed E-state index contributed by atoms with van der Waals surface area (Å²) in [6.45, 7) is 1.04. The monoisotopic (exact) mass is 345 g/mol. The minimum atomic E-state index is 0. The number of fused-ring (bicyclic) bond motifs is 1. The van der Waals surface area contributed by atoms with E-state index in [9.17, 15) is 0 Å². The number of benzene rings is 1. The van der Waals surface area contributed by atoms with Crippen molar-refractivity contribution in [3.8, 4) is 12.3 Å². The van der Waals surface area contributed by atoms with Gasteiger partial charge in [0.25, 0.3) is 0 Å². The van der Waals surface area contributed by atoms with Gasteiger partial charge in [-0.2, -0.15) is 0 Å². The number of hydrogen-bond donors (Lipinski definition) is 0. The molecule has 0 saturated heterocycles. The third-order valence-electron chi connectivity index (χ3n) is 2.24.